The van der Waals surface area contributed by atoms with E-state index in [2.05, 4.69) is 0 Å². The van der Waals surface area contributed by atoms with Crippen molar-refractivity contribution in [3.8, 4) is 0 Å². The van der Waals surface area contributed by atoms with Gasteiger partial charge in [0, 0.05) is 25.6 Å². The second kappa shape index (κ2) is 5.38. The van der Waals surface area contributed by atoms with E-state index in [1.54, 1.807) is 6.92 Å². The van der Waals surface area contributed by atoms with Crippen molar-refractivity contribution < 1.29 is 21.9 Å². The lowest BCUT2D eigenvalue weighted by atomic mass is 10.1. The molecule has 0 aliphatic carbocycles. The van der Waals surface area contributed by atoms with Crippen LogP contribution in [0.25, 0.3) is 0 Å². The zero-order chi connectivity index (χ0) is 15.0. The zero-order valence-electron chi connectivity index (χ0n) is 11.4. The fourth-order valence-electron chi connectivity index (χ4n) is 2.09. The maximum atomic E-state index is 13.4. The number of benzene rings is 1. The van der Waals surface area contributed by atoms with Gasteiger partial charge < -0.3 is 4.74 Å². The third-order valence-electron chi connectivity index (χ3n) is 3.17. The standard InChI is InChI=1S/C13H17F2NO3S/c1-10-7-11(13(2,14)15)9-12(8-10)20(17,18)16-3-5-19-6-4-16/h7-9H,3-6H2,1-2H3. The van der Waals surface area contributed by atoms with Crippen molar-refractivity contribution in [2.75, 3.05) is 26.3 Å². The first-order chi connectivity index (χ1) is 9.21. The lowest BCUT2D eigenvalue weighted by Gasteiger charge is -2.26. The number of sulfonamides is 1. The van der Waals surface area contributed by atoms with Gasteiger partial charge in [0.15, 0.2) is 0 Å². The minimum atomic E-state index is -3.75. The largest absolute Gasteiger partial charge is 0.379 e. The molecule has 0 amide bonds. The van der Waals surface area contributed by atoms with Gasteiger partial charge in [-0.2, -0.15) is 4.31 Å². The summed E-state index contributed by atoms with van der Waals surface area (Å²) >= 11 is 0. The van der Waals surface area contributed by atoms with Crippen LogP contribution in [-0.2, 0) is 20.7 Å². The Morgan fingerprint density at radius 3 is 2.35 bits per heavy atom. The summed E-state index contributed by atoms with van der Waals surface area (Å²) in [6.45, 7) is 3.49. The molecule has 0 unspecified atom stereocenters. The van der Waals surface area contributed by atoms with E-state index in [1.165, 1.54) is 16.4 Å². The van der Waals surface area contributed by atoms with Gasteiger partial charge in [0.05, 0.1) is 18.1 Å². The van der Waals surface area contributed by atoms with Gasteiger partial charge in [-0.25, -0.2) is 17.2 Å². The SMILES string of the molecule is Cc1cc(C(C)(F)F)cc(S(=O)(=O)N2CCOCC2)c1. The maximum Gasteiger partial charge on any atom is 0.270 e. The number of hydrogen-bond acceptors (Lipinski definition) is 3. The molecule has 0 radical (unpaired) electrons. The van der Waals surface area contributed by atoms with Crippen LogP contribution in [-0.4, -0.2) is 39.0 Å². The molecule has 1 aromatic rings. The van der Waals surface area contributed by atoms with Crippen LogP contribution in [0.4, 0.5) is 8.78 Å². The average Bonchev–Trinajstić information content (AvgIpc) is 2.38. The van der Waals surface area contributed by atoms with Crippen LogP contribution in [0.5, 0.6) is 0 Å². The van der Waals surface area contributed by atoms with Gasteiger partial charge >= 0.3 is 0 Å². The highest BCUT2D eigenvalue weighted by atomic mass is 32.2. The van der Waals surface area contributed by atoms with Crippen molar-refractivity contribution in [3.63, 3.8) is 0 Å². The zero-order valence-corrected chi connectivity index (χ0v) is 12.2. The number of aryl methyl sites for hydroxylation is 1. The quantitative estimate of drug-likeness (QED) is 0.859. The first-order valence-corrected chi connectivity index (χ1v) is 7.73. The second-order valence-corrected chi connectivity index (χ2v) is 6.88. The first kappa shape index (κ1) is 15.3. The number of hydrogen-bond donors (Lipinski definition) is 0. The van der Waals surface area contributed by atoms with E-state index in [0.717, 1.165) is 13.0 Å². The third-order valence-corrected chi connectivity index (χ3v) is 5.04. The molecular formula is C13H17F2NO3S. The van der Waals surface area contributed by atoms with Crippen LogP contribution in [0.3, 0.4) is 0 Å². The molecule has 0 N–H and O–H groups in total. The average molecular weight is 305 g/mol. The van der Waals surface area contributed by atoms with E-state index in [0.29, 0.717) is 18.8 Å². The molecule has 1 saturated heterocycles. The van der Waals surface area contributed by atoms with Gasteiger partial charge in [-0.3, -0.25) is 0 Å². The molecule has 1 aliphatic rings. The summed E-state index contributed by atoms with van der Waals surface area (Å²) in [6.07, 6.45) is 0. The normalized spacial score (nSPS) is 18.2. The molecule has 0 aromatic heterocycles. The van der Waals surface area contributed by atoms with E-state index >= 15 is 0 Å². The maximum absolute atomic E-state index is 13.4. The Labute approximate surface area is 117 Å². The van der Waals surface area contributed by atoms with Crippen LogP contribution in [0.15, 0.2) is 23.1 Å². The van der Waals surface area contributed by atoms with Crippen molar-refractivity contribution in [1.29, 1.82) is 0 Å². The monoisotopic (exact) mass is 305 g/mol. The number of nitrogens with zero attached hydrogens (tertiary/aromatic N) is 1. The molecule has 1 aromatic carbocycles. The Morgan fingerprint density at radius 1 is 1.20 bits per heavy atom. The first-order valence-electron chi connectivity index (χ1n) is 6.29. The summed E-state index contributed by atoms with van der Waals surface area (Å²) in [5.74, 6) is -3.07. The number of ether oxygens (including phenoxy) is 1. The Balaban J connectivity index is 2.43. The van der Waals surface area contributed by atoms with E-state index in [4.69, 9.17) is 4.74 Å². The number of alkyl halides is 2. The van der Waals surface area contributed by atoms with Crippen molar-refractivity contribution in [2.24, 2.45) is 0 Å². The molecule has 112 valence electrons. The molecule has 4 nitrogen and oxygen atoms in total. The van der Waals surface area contributed by atoms with E-state index < -0.39 is 15.9 Å². The second-order valence-electron chi connectivity index (χ2n) is 4.94. The molecule has 20 heavy (non-hydrogen) atoms. The van der Waals surface area contributed by atoms with E-state index in [9.17, 15) is 17.2 Å². The molecule has 1 heterocycles. The summed E-state index contributed by atoms with van der Waals surface area (Å²) in [5.41, 5.74) is 0.209. The summed E-state index contributed by atoms with van der Waals surface area (Å²) in [5, 5.41) is 0. The van der Waals surface area contributed by atoms with Crippen molar-refractivity contribution in [3.05, 3.63) is 29.3 Å². The predicted octanol–water partition coefficient (Wildman–Crippen LogP) is 2.13. The minimum Gasteiger partial charge on any atom is -0.379 e. The Hall–Kier alpha value is -1.05. The highest BCUT2D eigenvalue weighted by Gasteiger charge is 2.30. The molecule has 1 aliphatic heterocycles. The smallest absolute Gasteiger partial charge is 0.270 e. The fourth-order valence-corrected chi connectivity index (χ4v) is 3.62. The summed E-state index contributed by atoms with van der Waals surface area (Å²) in [7, 11) is -3.75. The van der Waals surface area contributed by atoms with Crippen molar-refractivity contribution in [2.45, 2.75) is 24.7 Å². The van der Waals surface area contributed by atoms with Gasteiger partial charge in [-0.1, -0.05) is 6.07 Å². The highest BCUT2D eigenvalue weighted by Crippen LogP contribution is 2.30. The van der Waals surface area contributed by atoms with Crippen LogP contribution in [0.2, 0.25) is 0 Å². The van der Waals surface area contributed by atoms with Gasteiger partial charge in [-0.15, -0.1) is 0 Å². The minimum absolute atomic E-state index is 0.0871. The summed E-state index contributed by atoms with van der Waals surface area (Å²) < 4.78 is 58.1. The van der Waals surface area contributed by atoms with Gasteiger partial charge in [0.1, 0.15) is 0 Å². The Kier molecular flexibility index (Phi) is 4.13. The van der Waals surface area contributed by atoms with Crippen molar-refractivity contribution in [1.82, 2.24) is 4.31 Å². The highest BCUT2D eigenvalue weighted by molar-refractivity contribution is 7.89. The lowest BCUT2D eigenvalue weighted by Crippen LogP contribution is -2.40. The number of morpholine rings is 1. The number of rotatable bonds is 3. The van der Waals surface area contributed by atoms with Crippen LogP contribution in [0, 0.1) is 6.92 Å². The van der Waals surface area contributed by atoms with E-state index in [-0.39, 0.29) is 23.5 Å². The van der Waals surface area contributed by atoms with Crippen LogP contribution in [0.1, 0.15) is 18.1 Å². The van der Waals surface area contributed by atoms with E-state index in [1.807, 2.05) is 0 Å². The Morgan fingerprint density at radius 2 is 1.80 bits per heavy atom. The molecule has 0 saturated carbocycles. The topological polar surface area (TPSA) is 46.6 Å². The fraction of sp³-hybridized carbons (Fsp3) is 0.538. The molecule has 0 bridgehead atoms. The van der Waals surface area contributed by atoms with Crippen molar-refractivity contribution >= 4 is 10.0 Å². The summed E-state index contributed by atoms with van der Waals surface area (Å²) in [6, 6.07) is 3.77. The molecule has 7 heteroatoms. The van der Waals surface area contributed by atoms with Gasteiger partial charge in [0.25, 0.3) is 5.92 Å². The molecule has 0 spiro atoms. The number of halogens is 2. The summed E-state index contributed by atoms with van der Waals surface area (Å²) in [4.78, 5) is -0.0871. The molecular weight excluding hydrogens is 288 g/mol. The predicted molar refractivity (Wildman–Crippen MR) is 70.3 cm³/mol. The van der Waals surface area contributed by atoms with Gasteiger partial charge in [-0.05, 0) is 24.6 Å². The van der Waals surface area contributed by atoms with Crippen LogP contribution < -0.4 is 0 Å². The lowest BCUT2D eigenvalue weighted by molar-refractivity contribution is 0.0171. The third kappa shape index (κ3) is 3.16. The molecule has 0 atom stereocenters. The molecule has 2 rings (SSSR count). The Bertz CT molecular complexity index is 590. The molecule has 1 fully saturated rings. The van der Waals surface area contributed by atoms with Crippen LogP contribution >= 0.6 is 0 Å². The van der Waals surface area contributed by atoms with Gasteiger partial charge in [0.2, 0.25) is 10.0 Å².